The van der Waals surface area contributed by atoms with Crippen molar-refractivity contribution in [2.45, 2.75) is 26.7 Å². The van der Waals surface area contributed by atoms with E-state index >= 15 is 0 Å². The highest BCUT2D eigenvalue weighted by Gasteiger charge is 2.29. The van der Waals surface area contributed by atoms with Crippen molar-refractivity contribution in [2.75, 3.05) is 25.9 Å². The molecule has 0 unspecified atom stereocenters. The minimum Gasteiger partial charge on any atom is -0.497 e. The van der Waals surface area contributed by atoms with E-state index in [-0.39, 0.29) is 5.91 Å². The summed E-state index contributed by atoms with van der Waals surface area (Å²) in [5.74, 6) is 0.668. The third-order valence-corrected chi connectivity index (χ3v) is 3.90. The van der Waals surface area contributed by atoms with Gasteiger partial charge in [-0.3, -0.25) is 4.79 Å². The second-order valence-electron chi connectivity index (χ2n) is 5.91. The number of carbonyl (C=O) groups is 1. The van der Waals surface area contributed by atoms with Crippen molar-refractivity contribution in [3.8, 4) is 5.75 Å². The van der Waals surface area contributed by atoms with Gasteiger partial charge < -0.3 is 15.4 Å². The fourth-order valence-electron chi connectivity index (χ4n) is 2.33. The first-order valence-corrected chi connectivity index (χ1v) is 6.66. The van der Waals surface area contributed by atoms with Crippen LogP contribution in [0.2, 0.25) is 0 Å². The number of likely N-dealkylation sites (tertiary alicyclic amines) is 1. The molecule has 104 valence electrons. The Morgan fingerprint density at radius 1 is 1.32 bits per heavy atom. The molecule has 2 rings (SSSR count). The Labute approximate surface area is 114 Å². The van der Waals surface area contributed by atoms with Crippen LogP contribution in [-0.4, -0.2) is 31.0 Å². The molecule has 0 saturated carbocycles. The molecule has 1 fully saturated rings. The van der Waals surface area contributed by atoms with Gasteiger partial charge in [-0.25, -0.2) is 0 Å². The molecular weight excluding hydrogens is 240 g/mol. The number of nitrogen functional groups attached to an aromatic ring is 1. The van der Waals surface area contributed by atoms with E-state index in [9.17, 15) is 4.79 Å². The summed E-state index contributed by atoms with van der Waals surface area (Å²) in [6, 6.07) is 5.21. The summed E-state index contributed by atoms with van der Waals surface area (Å²) in [4.78, 5) is 14.4. The van der Waals surface area contributed by atoms with E-state index in [1.54, 1.807) is 25.3 Å². The van der Waals surface area contributed by atoms with E-state index in [0.29, 0.717) is 22.4 Å². The lowest BCUT2D eigenvalue weighted by molar-refractivity contribution is 0.0631. The van der Waals surface area contributed by atoms with Gasteiger partial charge in [0.05, 0.1) is 12.7 Å². The normalized spacial score (nSPS) is 18.2. The lowest BCUT2D eigenvalue weighted by atomic mass is 9.82. The highest BCUT2D eigenvalue weighted by molar-refractivity contribution is 5.99. The first-order chi connectivity index (χ1) is 8.93. The summed E-state index contributed by atoms with van der Waals surface area (Å²) < 4.78 is 5.15. The molecule has 1 aromatic rings. The van der Waals surface area contributed by atoms with Crippen LogP contribution in [-0.2, 0) is 0 Å². The summed E-state index contributed by atoms with van der Waals surface area (Å²) in [5.41, 5.74) is 7.28. The average Bonchev–Trinajstić information content (AvgIpc) is 2.38. The molecule has 1 aromatic carbocycles. The van der Waals surface area contributed by atoms with Crippen LogP contribution in [0.3, 0.4) is 0 Å². The third kappa shape index (κ3) is 3.00. The Kier molecular flexibility index (Phi) is 3.69. The highest BCUT2D eigenvalue weighted by atomic mass is 16.5. The number of nitrogens with two attached hydrogens (primary N) is 1. The van der Waals surface area contributed by atoms with Gasteiger partial charge in [-0.05, 0) is 36.5 Å². The van der Waals surface area contributed by atoms with Crippen LogP contribution in [0.25, 0.3) is 0 Å². The van der Waals surface area contributed by atoms with E-state index in [0.717, 1.165) is 25.9 Å². The van der Waals surface area contributed by atoms with Crippen LogP contribution in [0.4, 0.5) is 5.69 Å². The van der Waals surface area contributed by atoms with Crippen molar-refractivity contribution in [2.24, 2.45) is 5.41 Å². The lowest BCUT2D eigenvalue weighted by Gasteiger charge is -2.37. The fourth-order valence-corrected chi connectivity index (χ4v) is 2.33. The second kappa shape index (κ2) is 5.11. The van der Waals surface area contributed by atoms with Crippen molar-refractivity contribution in [3.63, 3.8) is 0 Å². The van der Waals surface area contributed by atoms with Crippen LogP contribution in [0.1, 0.15) is 37.0 Å². The number of amides is 1. The average molecular weight is 262 g/mol. The molecule has 2 N–H and O–H groups in total. The van der Waals surface area contributed by atoms with Crippen molar-refractivity contribution >= 4 is 11.6 Å². The molecule has 0 atom stereocenters. The first-order valence-electron chi connectivity index (χ1n) is 6.66. The molecule has 0 bridgehead atoms. The molecule has 4 heteroatoms. The van der Waals surface area contributed by atoms with Crippen molar-refractivity contribution in [1.29, 1.82) is 0 Å². The number of piperidine rings is 1. The van der Waals surface area contributed by atoms with Gasteiger partial charge in [-0.1, -0.05) is 13.8 Å². The molecule has 19 heavy (non-hydrogen) atoms. The molecule has 0 aromatic heterocycles. The fraction of sp³-hybridized carbons (Fsp3) is 0.533. The molecule has 4 nitrogen and oxygen atoms in total. The van der Waals surface area contributed by atoms with Gasteiger partial charge >= 0.3 is 0 Å². The minimum atomic E-state index is 0.00639. The molecule has 1 amide bonds. The maximum atomic E-state index is 12.5. The Hall–Kier alpha value is -1.71. The van der Waals surface area contributed by atoms with E-state index in [1.165, 1.54) is 0 Å². The van der Waals surface area contributed by atoms with E-state index in [1.807, 2.05) is 4.90 Å². The summed E-state index contributed by atoms with van der Waals surface area (Å²) in [6.45, 7) is 6.08. The summed E-state index contributed by atoms with van der Waals surface area (Å²) in [5, 5.41) is 0. The maximum Gasteiger partial charge on any atom is 0.256 e. The zero-order chi connectivity index (χ0) is 14.0. The summed E-state index contributed by atoms with van der Waals surface area (Å²) in [7, 11) is 1.59. The minimum absolute atomic E-state index is 0.00639. The molecule has 0 aliphatic carbocycles. The Bertz CT molecular complexity index is 473. The third-order valence-electron chi connectivity index (χ3n) is 3.90. The molecule has 0 radical (unpaired) electrons. The molecular formula is C15H22N2O2. The van der Waals surface area contributed by atoms with Gasteiger partial charge in [0.1, 0.15) is 5.75 Å². The smallest absolute Gasteiger partial charge is 0.256 e. The zero-order valence-corrected chi connectivity index (χ0v) is 11.9. The molecule has 1 heterocycles. The lowest BCUT2D eigenvalue weighted by Crippen LogP contribution is -2.41. The Morgan fingerprint density at radius 3 is 2.53 bits per heavy atom. The molecule has 1 aliphatic heterocycles. The predicted molar refractivity (Wildman–Crippen MR) is 76.3 cm³/mol. The van der Waals surface area contributed by atoms with Crippen LogP contribution in [0.15, 0.2) is 18.2 Å². The number of methoxy groups -OCH3 is 1. The number of hydrogen-bond donors (Lipinski definition) is 1. The Balaban J connectivity index is 2.16. The van der Waals surface area contributed by atoms with Crippen LogP contribution in [0.5, 0.6) is 5.75 Å². The first kappa shape index (κ1) is 13.7. The van der Waals surface area contributed by atoms with E-state index < -0.39 is 0 Å². The van der Waals surface area contributed by atoms with Crippen LogP contribution < -0.4 is 10.5 Å². The number of ether oxygens (including phenoxy) is 1. The number of benzene rings is 1. The standard InChI is InChI=1S/C15H22N2O2/c1-15(2)6-8-17(9-7-15)14(18)12-10-11(19-3)4-5-13(12)16/h4-5,10H,6-9,16H2,1-3H3. The van der Waals surface area contributed by atoms with E-state index in [4.69, 9.17) is 10.5 Å². The van der Waals surface area contributed by atoms with Crippen LogP contribution in [0, 0.1) is 5.41 Å². The van der Waals surface area contributed by atoms with Gasteiger partial charge in [-0.15, -0.1) is 0 Å². The number of hydrogen-bond acceptors (Lipinski definition) is 3. The number of anilines is 1. The highest BCUT2D eigenvalue weighted by Crippen LogP contribution is 2.31. The van der Waals surface area contributed by atoms with Gasteiger partial charge in [0, 0.05) is 18.8 Å². The SMILES string of the molecule is COc1ccc(N)c(C(=O)N2CCC(C)(C)CC2)c1. The number of nitrogens with zero attached hydrogens (tertiary/aromatic N) is 1. The molecule has 1 aliphatic rings. The predicted octanol–water partition coefficient (Wildman–Crippen LogP) is 2.54. The Morgan fingerprint density at radius 2 is 1.95 bits per heavy atom. The quantitative estimate of drug-likeness (QED) is 0.833. The molecule has 1 saturated heterocycles. The summed E-state index contributed by atoms with van der Waals surface area (Å²) in [6.07, 6.45) is 2.06. The van der Waals surface area contributed by atoms with E-state index in [2.05, 4.69) is 13.8 Å². The number of rotatable bonds is 2. The van der Waals surface area contributed by atoms with Crippen molar-refractivity contribution in [1.82, 2.24) is 4.90 Å². The zero-order valence-electron chi connectivity index (χ0n) is 11.9. The van der Waals surface area contributed by atoms with Gasteiger partial charge in [0.25, 0.3) is 5.91 Å². The largest absolute Gasteiger partial charge is 0.497 e. The molecule has 0 spiro atoms. The maximum absolute atomic E-state index is 12.5. The van der Waals surface area contributed by atoms with Crippen LogP contribution >= 0.6 is 0 Å². The van der Waals surface area contributed by atoms with Gasteiger partial charge in [0.15, 0.2) is 0 Å². The second-order valence-corrected chi connectivity index (χ2v) is 5.91. The van der Waals surface area contributed by atoms with Crippen molar-refractivity contribution in [3.05, 3.63) is 23.8 Å². The number of carbonyl (C=O) groups excluding carboxylic acids is 1. The van der Waals surface area contributed by atoms with Gasteiger partial charge in [0.2, 0.25) is 0 Å². The topological polar surface area (TPSA) is 55.6 Å². The van der Waals surface area contributed by atoms with Gasteiger partial charge in [-0.2, -0.15) is 0 Å². The monoisotopic (exact) mass is 262 g/mol. The van der Waals surface area contributed by atoms with Crippen molar-refractivity contribution < 1.29 is 9.53 Å². The summed E-state index contributed by atoms with van der Waals surface area (Å²) >= 11 is 0.